The molecule has 9 nitrogen and oxygen atoms in total. The second-order valence-electron chi connectivity index (χ2n) is 12.6. The number of amides is 1. The number of nitrogens with one attached hydrogen (secondary N) is 1. The van der Waals surface area contributed by atoms with Crippen molar-refractivity contribution in [1.29, 1.82) is 0 Å². The molecule has 13 heteroatoms. The van der Waals surface area contributed by atoms with Crippen molar-refractivity contribution in [2.75, 3.05) is 11.9 Å². The maximum absolute atomic E-state index is 12.7. The average molecular weight is 673 g/mol. The Bertz CT molecular complexity index is 1870. The lowest BCUT2D eigenvalue weighted by Gasteiger charge is -2.56. The first-order valence-electron chi connectivity index (χ1n) is 15.0. The van der Waals surface area contributed by atoms with Crippen LogP contribution in [-0.4, -0.2) is 59.8 Å². The Kier molecular flexibility index (Phi) is 6.99. The zero-order valence-electron chi connectivity index (χ0n) is 24.0. The number of nitrogens with zero attached hydrogens (tertiary/aromatic N) is 4. The predicted octanol–water partition coefficient (Wildman–Crippen LogP) is 6.60. The van der Waals surface area contributed by atoms with E-state index < -0.39 is 21.2 Å². The van der Waals surface area contributed by atoms with Crippen molar-refractivity contribution in [3.63, 3.8) is 0 Å². The number of fused-ring (bicyclic) bond motifs is 3. The summed E-state index contributed by atoms with van der Waals surface area (Å²) in [6.45, 7) is 0.707. The number of sulfonamides is 1. The number of aromatic nitrogens is 2. The number of halogens is 2. The second-order valence-corrected chi connectivity index (χ2v) is 16.4. The van der Waals surface area contributed by atoms with Gasteiger partial charge in [-0.2, -0.15) is 0 Å². The van der Waals surface area contributed by atoms with Gasteiger partial charge in [0.05, 0.1) is 25.5 Å². The van der Waals surface area contributed by atoms with E-state index in [0.29, 0.717) is 59.0 Å². The fourth-order valence-corrected chi connectivity index (χ4v) is 9.80. The molecule has 3 saturated carbocycles. The summed E-state index contributed by atoms with van der Waals surface area (Å²) < 4.78 is 33.5. The number of benzene rings is 2. The summed E-state index contributed by atoms with van der Waals surface area (Å²) in [4.78, 5) is 22.4. The van der Waals surface area contributed by atoms with Gasteiger partial charge in [-0.05, 0) is 82.3 Å². The van der Waals surface area contributed by atoms with E-state index in [2.05, 4.69) is 26.7 Å². The van der Waals surface area contributed by atoms with Gasteiger partial charge in [0.1, 0.15) is 11.5 Å². The molecule has 2 aromatic carbocycles. The summed E-state index contributed by atoms with van der Waals surface area (Å²) in [7, 11) is -1.42. The van der Waals surface area contributed by atoms with E-state index in [4.69, 9.17) is 32.7 Å². The van der Waals surface area contributed by atoms with Crippen molar-refractivity contribution in [1.82, 2.24) is 19.8 Å². The highest BCUT2D eigenvalue weighted by Gasteiger charge is 2.48. The molecule has 0 radical (unpaired) electrons. The predicted molar refractivity (Wildman–Crippen MR) is 172 cm³/mol. The van der Waals surface area contributed by atoms with Crippen LogP contribution in [0.4, 0.5) is 5.13 Å². The Morgan fingerprint density at radius 2 is 1.82 bits per heavy atom. The van der Waals surface area contributed by atoms with E-state index in [1.54, 1.807) is 29.5 Å². The fraction of sp³-hybridized carbons (Fsp3) is 0.452. The molecular formula is C31H31Cl2N5O4S2. The molecule has 44 heavy (non-hydrogen) atoms. The van der Waals surface area contributed by atoms with Gasteiger partial charge in [-0.3, -0.25) is 9.69 Å². The monoisotopic (exact) mass is 671 g/mol. The van der Waals surface area contributed by atoms with Gasteiger partial charge in [0.15, 0.2) is 5.13 Å². The van der Waals surface area contributed by atoms with Crippen molar-refractivity contribution < 1.29 is 17.7 Å². The number of carbonyl (C=O) groups is 1. The van der Waals surface area contributed by atoms with E-state index in [9.17, 15) is 13.2 Å². The third-order valence-electron chi connectivity index (χ3n) is 9.47. The van der Waals surface area contributed by atoms with Gasteiger partial charge in [0, 0.05) is 47.3 Å². The van der Waals surface area contributed by atoms with Crippen LogP contribution in [-0.2, 0) is 16.6 Å². The van der Waals surface area contributed by atoms with E-state index in [1.807, 2.05) is 18.2 Å². The quantitative estimate of drug-likeness (QED) is 0.212. The molecule has 1 N–H and O–H groups in total. The Morgan fingerprint density at radius 1 is 1.09 bits per heavy atom. The third-order valence-corrected chi connectivity index (χ3v) is 13.0. The van der Waals surface area contributed by atoms with Crippen LogP contribution in [0.15, 0.2) is 40.9 Å². The molecule has 2 unspecified atom stereocenters. The maximum atomic E-state index is 12.7. The van der Waals surface area contributed by atoms with Gasteiger partial charge in [-0.1, -0.05) is 45.8 Å². The van der Waals surface area contributed by atoms with Crippen molar-refractivity contribution >= 4 is 65.8 Å². The van der Waals surface area contributed by atoms with E-state index in [1.165, 1.54) is 0 Å². The zero-order chi connectivity index (χ0) is 30.3. The van der Waals surface area contributed by atoms with Gasteiger partial charge in [0.25, 0.3) is 5.91 Å². The van der Waals surface area contributed by atoms with Crippen LogP contribution in [0.1, 0.15) is 72.5 Å². The number of carbonyl (C=O) groups excluding carboxylic acids is 1. The minimum Gasteiger partial charge on any atom is -0.360 e. The molecule has 5 aliphatic rings. The Morgan fingerprint density at radius 3 is 2.50 bits per heavy atom. The second kappa shape index (κ2) is 10.7. The molecule has 9 rings (SSSR count). The molecule has 5 fully saturated rings. The summed E-state index contributed by atoms with van der Waals surface area (Å²) in [5.41, 5.74) is 3.70. The van der Waals surface area contributed by atoms with Gasteiger partial charge in [0.2, 0.25) is 10.0 Å². The maximum Gasteiger partial charge on any atom is 0.264 e. The fourth-order valence-electron chi connectivity index (χ4n) is 6.77. The summed E-state index contributed by atoms with van der Waals surface area (Å²) in [6.07, 6.45) is 6.60. The number of hydrogen-bond donors (Lipinski definition) is 1. The first-order chi connectivity index (χ1) is 21.2. The molecule has 1 amide bonds. The smallest absolute Gasteiger partial charge is 0.264 e. The Balaban J connectivity index is 0.976. The van der Waals surface area contributed by atoms with Gasteiger partial charge in [-0.25, -0.2) is 18.1 Å². The minimum atomic E-state index is -3.60. The van der Waals surface area contributed by atoms with Crippen LogP contribution < -0.4 is 9.62 Å². The van der Waals surface area contributed by atoms with Crippen LogP contribution in [0.25, 0.3) is 21.5 Å². The van der Waals surface area contributed by atoms with Crippen molar-refractivity contribution in [3.05, 3.63) is 63.3 Å². The SMILES string of the molecule is CN(Cc1c(-c2c(Cl)cccc2Cl)noc1C1CC1)C1CC2CC(C1)N2c1nc2ccc(C(=O)NS(=O)(=O)C3CC3)cc2s1. The molecular weight excluding hydrogens is 641 g/mol. The molecule has 2 atom stereocenters. The highest BCUT2D eigenvalue weighted by atomic mass is 35.5. The van der Waals surface area contributed by atoms with Crippen molar-refractivity contribution in [2.24, 2.45) is 0 Å². The molecule has 0 spiro atoms. The van der Waals surface area contributed by atoms with Crippen LogP contribution >= 0.6 is 34.5 Å². The number of hydrogen-bond acceptors (Lipinski definition) is 9. The molecule has 2 aliphatic heterocycles. The lowest BCUT2D eigenvalue weighted by molar-refractivity contribution is 0.0981. The Labute approximate surface area is 269 Å². The number of thiazole rings is 1. The molecule has 230 valence electrons. The van der Waals surface area contributed by atoms with E-state index in [0.717, 1.165) is 70.0 Å². The van der Waals surface area contributed by atoms with Gasteiger partial charge in [-0.15, -0.1) is 0 Å². The third kappa shape index (κ3) is 5.10. The van der Waals surface area contributed by atoms with Gasteiger partial charge < -0.3 is 9.42 Å². The molecule has 2 saturated heterocycles. The first-order valence-corrected chi connectivity index (χ1v) is 18.2. The summed E-state index contributed by atoms with van der Waals surface area (Å²) in [6, 6.07) is 11.9. The average Bonchev–Trinajstić information content (AvgIpc) is 3.92. The lowest BCUT2D eigenvalue weighted by Crippen LogP contribution is -2.64. The highest BCUT2D eigenvalue weighted by Crippen LogP contribution is 2.48. The number of piperidine rings is 1. The summed E-state index contributed by atoms with van der Waals surface area (Å²) in [5, 5.41) is 6.11. The van der Waals surface area contributed by atoms with Crippen LogP contribution in [0.2, 0.25) is 10.0 Å². The molecule has 4 aromatic rings. The topological polar surface area (TPSA) is 109 Å². The van der Waals surface area contributed by atoms with Crippen molar-refractivity contribution in [2.45, 2.75) is 80.8 Å². The number of rotatable bonds is 9. The van der Waals surface area contributed by atoms with Gasteiger partial charge >= 0.3 is 0 Å². The normalized spacial score (nSPS) is 23.3. The molecule has 3 aliphatic carbocycles. The van der Waals surface area contributed by atoms with Crippen LogP contribution in [0.3, 0.4) is 0 Å². The van der Waals surface area contributed by atoms with Crippen LogP contribution in [0, 0.1) is 0 Å². The van der Waals surface area contributed by atoms with Crippen LogP contribution in [0.5, 0.6) is 0 Å². The summed E-state index contributed by atoms with van der Waals surface area (Å²) >= 11 is 14.7. The highest BCUT2D eigenvalue weighted by molar-refractivity contribution is 7.91. The van der Waals surface area contributed by atoms with E-state index in [-0.39, 0.29) is 0 Å². The Hall–Kier alpha value is -2.70. The van der Waals surface area contributed by atoms with E-state index >= 15 is 0 Å². The molecule has 2 aromatic heterocycles. The zero-order valence-corrected chi connectivity index (χ0v) is 27.1. The summed E-state index contributed by atoms with van der Waals surface area (Å²) in [5.74, 6) is 0.778. The molecule has 4 heterocycles. The lowest BCUT2D eigenvalue weighted by atomic mass is 9.76. The first kappa shape index (κ1) is 28.8. The number of anilines is 1. The molecule has 2 bridgehead atoms. The standard InChI is InChI=1S/C31H31Cl2N5O4S2/c1-37(15-22-28(35-42-29(22)16-5-6-16)27-23(32)3-2-4-24(27)33)18-12-19-14-20(13-18)38(19)31-34-25-10-7-17(11-26(25)43-31)30(39)36-44(40,41)21-8-9-21/h2-4,7,10-11,16,18-21H,5-6,8-9,12-15H2,1H3,(H,36,39). The minimum absolute atomic E-state index is 0.333. The van der Waals surface area contributed by atoms with Crippen molar-refractivity contribution in [3.8, 4) is 11.3 Å². The largest absolute Gasteiger partial charge is 0.360 e.